The molecular weight excluding hydrogens is 731 g/mol. The van der Waals surface area contributed by atoms with E-state index in [0.29, 0.717) is 5.56 Å². The van der Waals surface area contributed by atoms with Crippen LogP contribution in [0.3, 0.4) is 0 Å². The van der Waals surface area contributed by atoms with Crippen LogP contribution in [0.15, 0.2) is 200 Å². The van der Waals surface area contributed by atoms with Crippen LogP contribution in [0.25, 0.3) is 110 Å². The van der Waals surface area contributed by atoms with Gasteiger partial charge < -0.3 is 18.3 Å². The monoisotopic (exact) mass is 763 g/mol. The topological polar surface area (TPSA) is 43.5 Å². The van der Waals surface area contributed by atoms with Crippen molar-refractivity contribution in [3.05, 3.63) is 206 Å². The van der Waals surface area contributed by atoms with Crippen molar-refractivity contribution in [1.29, 1.82) is 5.26 Å². The number of fused-ring (bicyclic) bond motifs is 14. The Hall–Kier alpha value is -8.33. The molecule has 60 heavy (non-hydrogen) atoms. The van der Waals surface area contributed by atoms with Crippen molar-refractivity contribution in [2.75, 3.05) is 0 Å². The molecule has 5 heteroatoms. The number of nitriles is 1. The van der Waals surface area contributed by atoms with Gasteiger partial charge in [0.05, 0.1) is 55.8 Å². The van der Waals surface area contributed by atoms with Crippen LogP contribution < -0.4 is 0 Å². The molecule has 4 aromatic heterocycles. The molecule has 0 aliphatic carbocycles. The fraction of sp³-hybridized carbons (Fsp3) is 0. The van der Waals surface area contributed by atoms with E-state index in [9.17, 15) is 5.26 Å². The van der Waals surface area contributed by atoms with Crippen LogP contribution in [0.1, 0.15) is 5.56 Å². The lowest BCUT2D eigenvalue weighted by atomic mass is 10.1. The zero-order valence-electron chi connectivity index (χ0n) is 32.3. The molecular formula is C55H33N5. The molecule has 0 atom stereocenters. The lowest BCUT2D eigenvalue weighted by Crippen LogP contribution is -1.97. The zero-order valence-corrected chi connectivity index (χ0v) is 32.3. The minimum Gasteiger partial charge on any atom is -0.309 e. The third kappa shape index (κ3) is 4.39. The molecule has 13 rings (SSSR count). The molecule has 0 fully saturated rings. The summed E-state index contributed by atoms with van der Waals surface area (Å²) >= 11 is 0. The molecule has 0 saturated carbocycles. The maximum absolute atomic E-state index is 10.1. The molecule has 0 bridgehead atoms. The smallest absolute Gasteiger partial charge is 0.0991 e. The Morgan fingerprint density at radius 2 is 0.683 bits per heavy atom. The van der Waals surface area contributed by atoms with Crippen molar-refractivity contribution >= 4 is 87.2 Å². The summed E-state index contributed by atoms with van der Waals surface area (Å²) in [5, 5.41) is 19.5. The van der Waals surface area contributed by atoms with Crippen LogP contribution in [0, 0.1) is 11.3 Å². The molecule has 4 heterocycles. The van der Waals surface area contributed by atoms with E-state index in [1.807, 2.05) is 6.07 Å². The van der Waals surface area contributed by atoms with Crippen molar-refractivity contribution in [3.63, 3.8) is 0 Å². The average molecular weight is 764 g/mol. The highest BCUT2D eigenvalue weighted by Crippen LogP contribution is 2.45. The normalized spacial score (nSPS) is 12.0. The van der Waals surface area contributed by atoms with Gasteiger partial charge in [-0.1, -0.05) is 103 Å². The lowest BCUT2D eigenvalue weighted by molar-refractivity contribution is 1.17. The lowest BCUT2D eigenvalue weighted by Gasteiger charge is -2.12. The van der Waals surface area contributed by atoms with E-state index >= 15 is 0 Å². The van der Waals surface area contributed by atoms with Gasteiger partial charge >= 0.3 is 0 Å². The van der Waals surface area contributed by atoms with Gasteiger partial charge in [0, 0.05) is 65.8 Å². The second kappa shape index (κ2) is 12.3. The highest BCUT2D eigenvalue weighted by Gasteiger charge is 2.24. The Labute approximate surface area is 344 Å². The van der Waals surface area contributed by atoms with Crippen LogP contribution in [-0.2, 0) is 0 Å². The molecule has 5 nitrogen and oxygen atoms in total. The van der Waals surface area contributed by atoms with Crippen molar-refractivity contribution in [2.45, 2.75) is 0 Å². The maximum atomic E-state index is 10.1. The second-order valence-electron chi connectivity index (χ2n) is 15.6. The van der Waals surface area contributed by atoms with Gasteiger partial charge in [-0.25, -0.2) is 0 Å². The summed E-state index contributed by atoms with van der Waals surface area (Å²) in [5.41, 5.74) is 14.2. The average Bonchev–Trinajstić information content (AvgIpc) is 4.04. The summed E-state index contributed by atoms with van der Waals surface area (Å²) < 4.78 is 9.66. The van der Waals surface area contributed by atoms with Crippen LogP contribution in [0.2, 0.25) is 0 Å². The summed E-state index contributed by atoms with van der Waals surface area (Å²) in [4.78, 5) is 0. The van der Waals surface area contributed by atoms with Crippen molar-refractivity contribution in [2.24, 2.45) is 0 Å². The molecule has 0 aliphatic heterocycles. The number of nitrogens with zero attached hydrogens (tertiary/aromatic N) is 5. The fourth-order valence-electron chi connectivity index (χ4n) is 10.1. The van der Waals surface area contributed by atoms with E-state index in [4.69, 9.17) is 0 Å². The van der Waals surface area contributed by atoms with Crippen molar-refractivity contribution in [1.82, 2.24) is 18.3 Å². The van der Waals surface area contributed by atoms with Gasteiger partial charge in [-0.05, 0) is 97.1 Å². The first-order chi connectivity index (χ1) is 29.8. The summed E-state index contributed by atoms with van der Waals surface area (Å²) in [6, 6.07) is 74.2. The SMILES string of the molecule is N#Cc1ccc2c(c1)c1ccc3c(c4ccccc4n3-c3ccccc3)c1n2-c1ccc2c(c1)c1ccc3c(c4ccccc4n3-c3ccccc3)c1n2-c1ccccc1. The maximum Gasteiger partial charge on any atom is 0.0991 e. The van der Waals surface area contributed by atoms with Crippen LogP contribution in [-0.4, -0.2) is 18.3 Å². The van der Waals surface area contributed by atoms with E-state index in [1.54, 1.807) is 0 Å². The summed E-state index contributed by atoms with van der Waals surface area (Å²) in [7, 11) is 0. The number of hydrogen-bond acceptors (Lipinski definition) is 1. The summed E-state index contributed by atoms with van der Waals surface area (Å²) in [6.45, 7) is 0. The number of para-hydroxylation sites is 5. The molecule has 0 radical (unpaired) electrons. The number of rotatable bonds is 4. The second-order valence-corrected chi connectivity index (χ2v) is 15.6. The Morgan fingerprint density at radius 1 is 0.283 bits per heavy atom. The standard InChI is InChI=1S/C55H33N5/c56-34-35-24-28-48-44(32-35)40-26-30-51-53(43-21-11-13-23-47(43)58(51)37-16-6-2-7-17-37)55(40)60(48)39-25-29-49-45(33-39)41-27-31-50-52(54(41)59(49)38-18-8-3-9-19-38)42-20-10-12-22-46(42)57(50)36-14-4-1-5-15-36/h1-33H. The minimum absolute atomic E-state index is 0.647. The van der Waals surface area contributed by atoms with Gasteiger partial charge in [-0.2, -0.15) is 5.26 Å². The van der Waals surface area contributed by atoms with E-state index in [-0.39, 0.29) is 0 Å². The predicted octanol–water partition coefficient (Wildman–Crippen LogP) is 13.9. The first kappa shape index (κ1) is 32.7. The summed E-state index contributed by atoms with van der Waals surface area (Å²) in [6.07, 6.45) is 0. The van der Waals surface area contributed by atoms with Crippen molar-refractivity contribution in [3.8, 4) is 28.8 Å². The van der Waals surface area contributed by atoms with Gasteiger partial charge in [-0.3, -0.25) is 0 Å². The first-order valence-corrected chi connectivity index (χ1v) is 20.3. The minimum atomic E-state index is 0.647. The highest BCUT2D eigenvalue weighted by molar-refractivity contribution is 6.28. The molecule has 0 spiro atoms. The predicted molar refractivity (Wildman–Crippen MR) is 249 cm³/mol. The van der Waals surface area contributed by atoms with Crippen LogP contribution >= 0.6 is 0 Å². The van der Waals surface area contributed by atoms with Crippen LogP contribution in [0.5, 0.6) is 0 Å². The quantitative estimate of drug-likeness (QED) is 0.176. The first-order valence-electron chi connectivity index (χ1n) is 20.3. The van der Waals surface area contributed by atoms with Gasteiger partial charge in [0.15, 0.2) is 0 Å². The van der Waals surface area contributed by atoms with E-state index < -0.39 is 0 Å². The van der Waals surface area contributed by atoms with E-state index in [0.717, 1.165) is 61.1 Å². The molecule has 0 aliphatic rings. The van der Waals surface area contributed by atoms with E-state index in [2.05, 4.69) is 218 Å². The van der Waals surface area contributed by atoms with Gasteiger partial charge in [0.2, 0.25) is 0 Å². The Morgan fingerprint density at radius 3 is 1.20 bits per heavy atom. The van der Waals surface area contributed by atoms with Crippen LogP contribution in [0.4, 0.5) is 0 Å². The number of benzene rings is 9. The van der Waals surface area contributed by atoms with Crippen molar-refractivity contribution < 1.29 is 0 Å². The van der Waals surface area contributed by atoms with E-state index in [1.165, 1.54) is 48.9 Å². The number of hydrogen-bond donors (Lipinski definition) is 0. The number of aromatic nitrogens is 4. The zero-order chi connectivity index (χ0) is 39.5. The third-order valence-electron chi connectivity index (χ3n) is 12.5. The molecule has 0 saturated heterocycles. The molecule has 0 amide bonds. The molecule has 9 aromatic carbocycles. The van der Waals surface area contributed by atoms with Gasteiger partial charge in [-0.15, -0.1) is 0 Å². The Balaban J connectivity index is 1.18. The highest BCUT2D eigenvalue weighted by atomic mass is 15.0. The third-order valence-corrected chi connectivity index (χ3v) is 12.5. The molecule has 0 unspecified atom stereocenters. The fourth-order valence-corrected chi connectivity index (χ4v) is 10.1. The Bertz CT molecular complexity index is 3930. The molecule has 278 valence electrons. The Kier molecular flexibility index (Phi) is 6.73. The molecule has 0 N–H and O–H groups in total. The summed E-state index contributed by atoms with van der Waals surface area (Å²) in [5.74, 6) is 0. The largest absolute Gasteiger partial charge is 0.309 e. The molecule has 13 aromatic rings. The van der Waals surface area contributed by atoms with Gasteiger partial charge in [0.1, 0.15) is 0 Å². The van der Waals surface area contributed by atoms with Gasteiger partial charge in [0.25, 0.3) is 0 Å².